The zero-order valence-corrected chi connectivity index (χ0v) is 12.5. The first-order valence-electron chi connectivity index (χ1n) is 6.75. The van der Waals surface area contributed by atoms with Crippen LogP contribution < -0.4 is 10.1 Å². The highest BCUT2D eigenvalue weighted by Crippen LogP contribution is 2.41. The van der Waals surface area contributed by atoms with E-state index in [-0.39, 0.29) is 10.8 Å². The first-order valence-corrected chi connectivity index (χ1v) is 6.75. The minimum Gasteiger partial charge on any atom is -0.490 e. The molecule has 0 amide bonds. The summed E-state index contributed by atoms with van der Waals surface area (Å²) in [5.41, 5.74) is 4.15. The Kier molecular flexibility index (Phi) is 3.08. The second kappa shape index (κ2) is 4.18. The van der Waals surface area contributed by atoms with E-state index in [1.807, 2.05) is 0 Å². The normalized spacial score (nSPS) is 15.7. The Morgan fingerprint density at radius 2 is 1.67 bits per heavy atom. The quantitative estimate of drug-likeness (QED) is 0.745. The topological polar surface area (TPSA) is 21.3 Å². The maximum absolute atomic E-state index is 5.83. The van der Waals surface area contributed by atoms with E-state index in [9.17, 15) is 0 Å². The zero-order valence-electron chi connectivity index (χ0n) is 12.5. The summed E-state index contributed by atoms with van der Waals surface area (Å²) < 4.78 is 5.83. The molecule has 1 aliphatic rings. The maximum Gasteiger partial charge on any atom is 0.143 e. The molecule has 1 aliphatic heterocycles. The van der Waals surface area contributed by atoms with Crippen LogP contribution in [0.5, 0.6) is 5.75 Å². The Hall–Kier alpha value is -1.18. The first kappa shape index (κ1) is 13.3. The van der Waals surface area contributed by atoms with Gasteiger partial charge in [-0.05, 0) is 28.0 Å². The molecular weight excluding hydrogens is 222 g/mol. The molecule has 0 atom stereocenters. The molecule has 100 valence electrons. The Balaban J connectivity index is 2.63. The lowest BCUT2D eigenvalue weighted by Crippen LogP contribution is -2.24. The molecule has 1 aromatic carbocycles. The molecule has 2 heteroatoms. The van der Waals surface area contributed by atoms with Gasteiger partial charge in [0.15, 0.2) is 0 Å². The van der Waals surface area contributed by atoms with Crippen LogP contribution in [0.25, 0.3) is 0 Å². The highest BCUT2D eigenvalue weighted by atomic mass is 16.5. The molecule has 0 saturated heterocycles. The average molecular weight is 247 g/mol. The van der Waals surface area contributed by atoms with Crippen LogP contribution in [0.1, 0.15) is 52.7 Å². The molecule has 0 aromatic heterocycles. The smallest absolute Gasteiger partial charge is 0.143 e. The van der Waals surface area contributed by atoms with Gasteiger partial charge in [0.05, 0.1) is 5.69 Å². The van der Waals surface area contributed by atoms with Crippen molar-refractivity contribution in [3.8, 4) is 5.75 Å². The second-order valence-electron chi connectivity index (χ2n) is 7.17. The molecular formula is C16H25NO. The molecule has 1 aromatic rings. The van der Waals surface area contributed by atoms with E-state index in [1.165, 1.54) is 16.8 Å². The average Bonchev–Trinajstić information content (AvgIpc) is 2.25. The van der Waals surface area contributed by atoms with Gasteiger partial charge in [-0.1, -0.05) is 47.6 Å². The van der Waals surface area contributed by atoms with Crippen LogP contribution in [0.2, 0.25) is 0 Å². The summed E-state index contributed by atoms with van der Waals surface area (Å²) in [6, 6.07) is 4.53. The van der Waals surface area contributed by atoms with Crippen LogP contribution in [0, 0.1) is 0 Å². The lowest BCUT2D eigenvalue weighted by atomic mass is 9.79. The Labute approximate surface area is 111 Å². The highest BCUT2D eigenvalue weighted by Gasteiger charge is 2.26. The fourth-order valence-electron chi connectivity index (χ4n) is 2.27. The van der Waals surface area contributed by atoms with E-state index in [4.69, 9.17) is 4.74 Å². The fraction of sp³-hybridized carbons (Fsp3) is 0.625. The van der Waals surface area contributed by atoms with Gasteiger partial charge in [0.2, 0.25) is 0 Å². The Morgan fingerprint density at radius 3 is 2.22 bits per heavy atom. The predicted octanol–water partition coefficient (Wildman–Crippen LogP) is 4.09. The van der Waals surface area contributed by atoms with Crippen molar-refractivity contribution in [2.45, 2.75) is 52.4 Å². The molecule has 0 unspecified atom stereocenters. The van der Waals surface area contributed by atoms with Crippen molar-refractivity contribution in [1.82, 2.24) is 0 Å². The third-order valence-corrected chi connectivity index (χ3v) is 3.44. The molecule has 0 aliphatic carbocycles. The van der Waals surface area contributed by atoms with Crippen molar-refractivity contribution in [2.75, 3.05) is 18.5 Å². The van der Waals surface area contributed by atoms with E-state index in [1.54, 1.807) is 0 Å². The summed E-state index contributed by atoms with van der Waals surface area (Å²) in [6.45, 7) is 15.2. The molecule has 0 radical (unpaired) electrons. The van der Waals surface area contributed by atoms with Crippen LogP contribution in [0.15, 0.2) is 12.1 Å². The third-order valence-electron chi connectivity index (χ3n) is 3.44. The summed E-state index contributed by atoms with van der Waals surface area (Å²) in [6.07, 6.45) is 0. The number of ether oxygens (including phenoxy) is 1. The van der Waals surface area contributed by atoms with Crippen LogP contribution in [0.3, 0.4) is 0 Å². The lowest BCUT2D eigenvalue weighted by molar-refractivity contribution is 0.320. The Bertz CT molecular complexity index is 449. The number of anilines is 1. The lowest BCUT2D eigenvalue weighted by Gasteiger charge is -2.31. The summed E-state index contributed by atoms with van der Waals surface area (Å²) in [4.78, 5) is 0. The number of fused-ring (bicyclic) bond motifs is 1. The standard InChI is InChI=1S/C16H25NO/c1-15(2,3)11-9-12(16(4,5)6)14-13(10-11)18-8-7-17-14/h9-10,17H,7-8H2,1-6H3. The van der Waals surface area contributed by atoms with Gasteiger partial charge >= 0.3 is 0 Å². The van der Waals surface area contributed by atoms with Crippen LogP contribution in [0.4, 0.5) is 5.69 Å². The molecule has 0 fully saturated rings. The molecule has 2 nitrogen and oxygen atoms in total. The maximum atomic E-state index is 5.83. The van der Waals surface area contributed by atoms with Gasteiger partial charge in [0.25, 0.3) is 0 Å². The van der Waals surface area contributed by atoms with Gasteiger partial charge in [-0.15, -0.1) is 0 Å². The molecule has 1 heterocycles. The second-order valence-corrected chi connectivity index (χ2v) is 7.17. The van der Waals surface area contributed by atoms with E-state index in [2.05, 4.69) is 59.0 Å². The molecule has 18 heavy (non-hydrogen) atoms. The number of nitrogens with one attached hydrogen (secondary N) is 1. The van der Waals surface area contributed by atoms with Crippen LogP contribution in [-0.2, 0) is 10.8 Å². The van der Waals surface area contributed by atoms with Gasteiger partial charge in [0.1, 0.15) is 12.4 Å². The van der Waals surface area contributed by atoms with Crippen molar-refractivity contribution >= 4 is 5.69 Å². The molecule has 1 N–H and O–H groups in total. The third kappa shape index (κ3) is 2.47. The van der Waals surface area contributed by atoms with Gasteiger partial charge < -0.3 is 10.1 Å². The van der Waals surface area contributed by atoms with E-state index < -0.39 is 0 Å². The monoisotopic (exact) mass is 247 g/mol. The summed E-state index contributed by atoms with van der Waals surface area (Å²) in [5, 5.41) is 3.49. The van der Waals surface area contributed by atoms with E-state index >= 15 is 0 Å². The van der Waals surface area contributed by atoms with Gasteiger partial charge in [-0.2, -0.15) is 0 Å². The van der Waals surface area contributed by atoms with Crippen molar-refractivity contribution in [2.24, 2.45) is 0 Å². The molecule has 0 bridgehead atoms. The van der Waals surface area contributed by atoms with Crippen molar-refractivity contribution < 1.29 is 4.74 Å². The number of benzene rings is 1. The summed E-state index contributed by atoms with van der Waals surface area (Å²) >= 11 is 0. The van der Waals surface area contributed by atoms with Gasteiger partial charge in [-0.25, -0.2) is 0 Å². The minimum absolute atomic E-state index is 0.124. The minimum atomic E-state index is 0.124. The van der Waals surface area contributed by atoms with Crippen LogP contribution >= 0.6 is 0 Å². The van der Waals surface area contributed by atoms with Crippen molar-refractivity contribution in [3.63, 3.8) is 0 Å². The summed E-state index contributed by atoms with van der Waals surface area (Å²) in [5.74, 6) is 1.01. The van der Waals surface area contributed by atoms with E-state index in [0.717, 1.165) is 18.9 Å². The zero-order chi connectivity index (χ0) is 13.6. The molecule has 0 saturated carbocycles. The van der Waals surface area contributed by atoms with Crippen molar-refractivity contribution in [3.05, 3.63) is 23.3 Å². The number of rotatable bonds is 0. The van der Waals surface area contributed by atoms with Gasteiger partial charge in [-0.3, -0.25) is 0 Å². The first-order chi connectivity index (χ1) is 8.19. The molecule has 0 spiro atoms. The largest absolute Gasteiger partial charge is 0.490 e. The number of hydrogen-bond acceptors (Lipinski definition) is 2. The van der Waals surface area contributed by atoms with Crippen LogP contribution in [-0.4, -0.2) is 13.2 Å². The summed E-state index contributed by atoms with van der Waals surface area (Å²) in [7, 11) is 0. The number of hydrogen-bond donors (Lipinski definition) is 1. The fourth-order valence-corrected chi connectivity index (χ4v) is 2.27. The van der Waals surface area contributed by atoms with Gasteiger partial charge in [0, 0.05) is 6.54 Å². The Morgan fingerprint density at radius 1 is 1.00 bits per heavy atom. The van der Waals surface area contributed by atoms with Crippen molar-refractivity contribution in [1.29, 1.82) is 0 Å². The van der Waals surface area contributed by atoms with E-state index in [0.29, 0.717) is 0 Å². The highest BCUT2D eigenvalue weighted by molar-refractivity contribution is 5.67. The molecule has 2 rings (SSSR count). The SMILES string of the molecule is CC(C)(C)c1cc2c(c(C(C)(C)C)c1)NCCO2. The predicted molar refractivity (Wildman–Crippen MR) is 77.8 cm³/mol.